The van der Waals surface area contributed by atoms with Crippen LogP contribution in [0.15, 0.2) is 11.6 Å². The molecule has 8 nitrogen and oxygen atoms in total. The van der Waals surface area contributed by atoms with Crippen molar-refractivity contribution >= 4 is 14.0 Å². The smallest absolute Gasteiger partial charge is 0.432 e. The Balaban J connectivity index is 1.26. The molecule has 9 heteroatoms. The highest BCUT2D eigenvalue weighted by atomic mass is 31.2. The van der Waals surface area contributed by atoms with E-state index in [-0.39, 0.29) is 31.3 Å². The average Bonchev–Trinajstić information content (AvgIpc) is 3.32. The summed E-state index contributed by atoms with van der Waals surface area (Å²) < 4.78 is 33.5. The quantitative estimate of drug-likeness (QED) is 0.0612. The lowest BCUT2D eigenvalue weighted by Crippen LogP contribution is -2.51. The number of phosphoric acid groups is 1. The Morgan fingerprint density at radius 1 is 1.00 bits per heavy atom. The highest BCUT2D eigenvalue weighted by molar-refractivity contribution is 7.47. The lowest BCUT2D eigenvalue weighted by atomic mass is 9.47. The van der Waals surface area contributed by atoms with E-state index in [0.717, 1.165) is 61.2 Å². The third-order valence-corrected chi connectivity index (χ3v) is 14.1. The van der Waals surface area contributed by atoms with Crippen molar-refractivity contribution in [1.82, 2.24) is 0 Å². The summed E-state index contributed by atoms with van der Waals surface area (Å²) in [5.41, 5.74) is 2.13. The van der Waals surface area contributed by atoms with Crippen LogP contribution in [0.5, 0.6) is 0 Å². The number of hydrogen-bond acceptors (Lipinski definition) is 6. The number of quaternary nitrogens is 1. The number of carbonyl (C=O) groups is 1. The fourth-order valence-corrected chi connectivity index (χ4v) is 11.0. The molecule has 0 spiro atoms. The van der Waals surface area contributed by atoms with Crippen LogP contribution < -0.4 is 0 Å². The Morgan fingerprint density at radius 2 is 1.72 bits per heavy atom. The Kier molecular flexibility index (Phi) is 12.6. The maximum Gasteiger partial charge on any atom is 0.508 e. The zero-order valence-electron chi connectivity index (χ0n) is 30.6. The Labute approximate surface area is 280 Å². The van der Waals surface area contributed by atoms with Crippen LogP contribution in [0.1, 0.15) is 112 Å². The number of fused-ring (bicyclic) bond motifs is 5. The van der Waals surface area contributed by atoms with E-state index in [1.807, 2.05) is 21.1 Å². The maximum atomic E-state index is 12.5. The topological polar surface area (TPSA) is 91.3 Å². The summed E-state index contributed by atoms with van der Waals surface area (Å²) in [5, 5.41) is 0. The number of nitrogens with zero attached hydrogens (tertiary/aromatic N) is 1. The summed E-state index contributed by atoms with van der Waals surface area (Å²) in [6.07, 6.45) is 14.9. The van der Waals surface area contributed by atoms with Gasteiger partial charge in [-0.3, -0.25) is 9.05 Å². The molecule has 4 rings (SSSR count). The van der Waals surface area contributed by atoms with Gasteiger partial charge >= 0.3 is 14.0 Å². The van der Waals surface area contributed by atoms with Gasteiger partial charge in [0.05, 0.1) is 27.7 Å². The second-order valence-electron chi connectivity index (χ2n) is 17.2. The number of allylic oxidation sites excluding steroid dienone is 1. The molecule has 0 aliphatic heterocycles. The van der Waals surface area contributed by atoms with Crippen LogP contribution in [0, 0.1) is 52.3 Å². The third-order valence-electron chi connectivity index (χ3n) is 13.1. The fraction of sp³-hybridized carbons (Fsp3) is 0.919. The third kappa shape index (κ3) is 9.00. The lowest BCUT2D eigenvalue weighted by molar-refractivity contribution is -0.870. The minimum atomic E-state index is -4.19. The number of hydrogen-bond donors (Lipinski definition) is 1. The van der Waals surface area contributed by atoms with Crippen LogP contribution in [0.2, 0.25) is 0 Å². The van der Waals surface area contributed by atoms with Gasteiger partial charge in [0.2, 0.25) is 0 Å². The normalized spacial score (nSPS) is 35.3. The summed E-state index contributed by atoms with van der Waals surface area (Å²) in [6, 6.07) is 0. The molecule has 10 atom stereocenters. The van der Waals surface area contributed by atoms with Gasteiger partial charge in [-0.05, 0) is 104 Å². The van der Waals surface area contributed by atoms with Crippen LogP contribution >= 0.6 is 7.82 Å². The van der Waals surface area contributed by atoms with Gasteiger partial charge in [-0.2, -0.15) is 0 Å². The van der Waals surface area contributed by atoms with Crippen molar-refractivity contribution in [2.24, 2.45) is 52.3 Å². The molecule has 0 saturated heterocycles. The Bertz CT molecular complexity index is 1100. The highest BCUT2D eigenvalue weighted by Gasteiger charge is 2.59. The van der Waals surface area contributed by atoms with Crippen molar-refractivity contribution < 1.29 is 37.3 Å². The van der Waals surface area contributed by atoms with Crippen molar-refractivity contribution in [2.75, 3.05) is 47.5 Å². The van der Waals surface area contributed by atoms with Crippen LogP contribution in [0.25, 0.3) is 0 Å². The molecule has 0 amide bonds. The molecule has 0 heterocycles. The Hall–Kier alpha value is -0.920. The fourth-order valence-electron chi connectivity index (χ4n) is 10.3. The van der Waals surface area contributed by atoms with Gasteiger partial charge in [0, 0.05) is 6.42 Å². The van der Waals surface area contributed by atoms with Crippen LogP contribution in [0.3, 0.4) is 0 Å². The largest absolute Gasteiger partial charge is 0.508 e. The van der Waals surface area contributed by atoms with Crippen molar-refractivity contribution in [1.29, 1.82) is 0 Å². The minimum absolute atomic E-state index is 0.0932. The van der Waals surface area contributed by atoms with Gasteiger partial charge in [0.15, 0.2) is 0 Å². The number of ether oxygens (including phenoxy) is 2. The van der Waals surface area contributed by atoms with E-state index >= 15 is 0 Å². The summed E-state index contributed by atoms with van der Waals surface area (Å²) >= 11 is 0. The zero-order valence-corrected chi connectivity index (χ0v) is 31.5. The monoisotopic (exact) mass is 668 g/mol. The van der Waals surface area contributed by atoms with Gasteiger partial charge in [0.25, 0.3) is 0 Å². The predicted octanol–water partition coefficient (Wildman–Crippen LogP) is 9.03. The summed E-state index contributed by atoms with van der Waals surface area (Å²) in [4.78, 5) is 22.3. The summed E-state index contributed by atoms with van der Waals surface area (Å²) in [6.45, 7) is 15.1. The molecule has 4 aliphatic carbocycles. The molecule has 266 valence electrons. The molecule has 1 N–H and O–H groups in total. The predicted molar refractivity (Wildman–Crippen MR) is 183 cm³/mol. The van der Waals surface area contributed by atoms with Gasteiger partial charge in [-0.15, -0.1) is 0 Å². The molecule has 0 aromatic heterocycles. The van der Waals surface area contributed by atoms with Crippen LogP contribution in [-0.4, -0.2) is 69.1 Å². The molecule has 0 bridgehead atoms. The molecule has 0 aromatic rings. The molecule has 0 radical (unpaired) electrons. The van der Waals surface area contributed by atoms with Gasteiger partial charge in [-0.1, -0.05) is 66.0 Å². The number of carbonyl (C=O) groups excluding carboxylic acids is 1. The molecule has 3 saturated carbocycles. The molecular weight excluding hydrogens is 601 g/mol. The van der Waals surface area contributed by atoms with Gasteiger partial charge in [-0.25, -0.2) is 9.36 Å². The highest BCUT2D eigenvalue weighted by Crippen LogP contribution is 2.67. The van der Waals surface area contributed by atoms with Crippen LogP contribution in [-0.2, 0) is 23.1 Å². The summed E-state index contributed by atoms with van der Waals surface area (Å²) in [7, 11) is 1.71. The molecule has 4 aliphatic rings. The average molecular weight is 669 g/mol. The standard InChI is InChI=1S/C37H66NO7P/c1-10-28(26(2)3)12-11-27(4)32-15-16-33-31-14-13-29-25-30(17-19-36(29,5)34(31)18-20-37(32,33)6)45-35(39)42-23-24-44-46(40,41)43-22-21-38(7,8)9/h13,26-28,30-34H,10-12,14-25H2,1-9H3/p+1/t27-,28-,30?,31+,32-,33+,34+,36+,37-/m1/s1. The minimum Gasteiger partial charge on any atom is -0.432 e. The second-order valence-corrected chi connectivity index (χ2v) is 18.6. The number of rotatable bonds is 15. The lowest BCUT2D eigenvalue weighted by Gasteiger charge is -2.58. The second kappa shape index (κ2) is 15.3. The van der Waals surface area contributed by atoms with Crippen LogP contribution in [0.4, 0.5) is 4.79 Å². The first-order valence-electron chi connectivity index (χ1n) is 18.4. The first-order valence-corrected chi connectivity index (χ1v) is 19.9. The van der Waals surface area contributed by atoms with E-state index in [0.29, 0.717) is 22.4 Å². The molecule has 2 unspecified atom stereocenters. The van der Waals surface area contributed by atoms with E-state index in [1.54, 1.807) is 0 Å². The van der Waals surface area contributed by atoms with E-state index in [9.17, 15) is 14.3 Å². The number of phosphoric ester groups is 1. The molecule has 3 fully saturated rings. The molecule has 46 heavy (non-hydrogen) atoms. The first kappa shape index (κ1) is 37.9. The number of likely N-dealkylation sites (N-methyl/N-ethyl adjacent to an activating group) is 1. The SMILES string of the molecule is CC[C@H](CC[C@@H](C)[C@H]1CC[C@H]2[C@@H]3CC=C4CC(OC(=O)OCCOP(=O)(O)OCC[N+](C)(C)C)CC[C@]4(C)[C@H]3CC[C@]12C)C(C)C. The zero-order chi connectivity index (χ0) is 33.9. The maximum absolute atomic E-state index is 12.5. The van der Waals surface area contributed by atoms with Crippen molar-refractivity contribution in [2.45, 2.75) is 118 Å². The van der Waals surface area contributed by atoms with E-state index in [4.69, 9.17) is 18.5 Å². The van der Waals surface area contributed by atoms with Gasteiger partial charge in [0.1, 0.15) is 25.9 Å². The van der Waals surface area contributed by atoms with E-state index in [1.165, 1.54) is 50.5 Å². The van der Waals surface area contributed by atoms with Gasteiger partial charge < -0.3 is 18.9 Å². The van der Waals surface area contributed by atoms with E-state index < -0.39 is 14.0 Å². The van der Waals surface area contributed by atoms with Crippen molar-refractivity contribution in [3.05, 3.63) is 11.6 Å². The van der Waals surface area contributed by atoms with Crippen molar-refractivity contribution in [3.63, 3.8) is 0 Å². The first-order chi connectivity index (χ1) is 21.5. The van der Waals surface area contributed by atoms with Crippen molar-refractivity contribution in [3.8, 4) is 0 Å². The Morgan fingerprint density at radius 3 is 2.39 bits per heavy atom. The molecular formula is C37H67NO7P+. The summed E-state index contributed by atoms with van der Waals surface area (Å²) in [5.74, 6) is 5.61. The van der Waals surface area contributed by atoms with E-state index in [2.05, 4.69) is 47.6 Å². The molecule has 0 aromatic carbocycles.